The Bertz CT molecular complexity index is 1040. The average Bonchev–Trinajstić information content (AvgIpc) is 3.14. The first kappa shape index (κ1) is 20.6. The van der Waals surface area contributed by atoms with Crippen LogP contribution in [0.4, 0.5) is 5.69 Å². The Balaban J connectivity index is 1.39. The molecule has 0 bridgehead atoms. The fourth-order valence-electron chi connectivity index (χ4n) is 3.94. The van der Waals surface area contributed by atoms with Crippen LogP contribution in [0.3, 0.4) is 0 Å². The van der Waals surface area contributed by atoms with Gasteiger partial charge in [0.1, 0.15) is 4.90 Å². The number of amides is 1. The molecule has 154 valence electrons. The van der Waals surface area contributed by atoms with Gasteiger partial charge in [-0.15, -0.1) is 0 Å². The zero-order valence-electron chi connectivity index (χ0n) is 15.8. The van der Waals surface area contributed by atoms with Crippen LogP contribution in [0.5, 0.6) is 0 Å². The van der Waals surface area contributed by atoms with Gasteiger partial charge in [-0.2, -0.15) is 4.31 Å². The summed E-state index contributed by atoms with van der Waals surface area (Å²) >= 11 is 12.0. The molecule has 0 saturated carbocycles. The van der Waals surface area contributed by atoms with Gasteiger partial charge in [-0.3, -0.25) is 4.79 Å². The number of para-hydroxylation sites is 1. The van der Waals surface area contributed by atoms with Crippen molar-refractivity contribution in [3.63, 3.8) is 0 Å². The lowest BCUT2D eigenvalue weighted by Gasteiger charge is -2.32. The van der Waals surface area contributed by atoms with Crippen LogP contribution in [0.25, 0.3) is 0 Å². The van der Waals surface area contributed by atoms with E-state index in [0.29, 0.717) is 44.3 Å². The lowest BCUT2D eigenvalue weighted by molar-refractivity contribution is -0.895. The van der Waals surface area contributed by atoms with Crippen LogP contribution < -0.4 is 9.80 Å². The van der Waals surface area contributed by atoms with Crippen molar-refractivity contribution < 1.29 is 18.1 Å². The second-order valence-electron chi connectivity index (χ2n) is 7.33. The molecule has 9 heteroatoms. The van der Waals surface area contributed by atoms with E-state index in [4.69, 9.17) is 23.2 Å². The van der Waals surface area contributed by atoms with E-state index in [9.17, 15) is 13.2 Å². The Hall–Kier alpha value is -1.64. The van der Waals surface area contributed by atoms with E-state index in [1.807, 2.05) is 23.1 Å². The van der Waals surface area contributed by atoms with Crippen molar-refractivity contribution in [1.29, 1.82) is 0 Å². The number of sulfonamides is 1. The Kier molecular flexibility index (Phi) is 5.86. The molecule has 2 aromatic carbocycles. The van der Waals surface area contributed by atoms with E-state index in [0.717, 1.165) is 17.0 Å². The normalized spacial score (nSPS) is 18.1. The molecule has 2 heterocycles. The van der Waals surface area contributed by atoms with E-state index in [1.165, 1.54) is 22.0 Å². The Morgan fingerprint density at radius 2 is 1.76 bits per heavy atom. The van der Waals surface area contributed by atoms with Gasteiger partial charge in [0.25, 0.3) is 5.91 Å². The van der Waals surface area contributed by atoms with Crippen LogP contribution in [-0.4, -0.2) is 57.9 Å². The van der Waals surface area contributed by atoms with Crippen molar-refractivity contribution in [2.75, 3.05) is 44.2 Å². The molecular weight excluding hydrogens is 433 g/mol. The second-order valence-corrected chi connectivity index (χ2v) is 10.1. The number of piperazine rings is 1. The van der Waals surface area contributed by atoms with Crippen LogP contribution >= 0.6 is 23.2 Å². The Morgan fingerprint density at radius 3 is 2.52 bits per heavy atom. The van der Waals surface area contributed by atoms with E-state index >= 15 is 0 Å². The van der Waals surface area contributed by atoms with Crippen molar-refractivity contribution in [2.45, 2.75) is 11.3 Å². The minimum absolute atomic E-state index is 0.0277. The first-order chi connectivity index (χ1) is 13.9. The van der Waals surface area contributed by atoms with Gasteiger partial charge >= 0.3 is 0 Å². The molecule has 0 aromatic heterocycles. The minimum atomic E-state index is -3.71. The van der Waals surface area contributed by atoms with Gasteiger partial charge in [-0.25, -0.2) is 8.42 Å². The molecule has 2 aliphatic rings. The molecule has 0 spiro atoms. The van der Waals surface area contributed by atoms with E-state index < -0.39 is 10.0 Å². The van der Waals surface area contributed by atoms with E-state index in [-0.39, 0.29) is 15.8 Å². The van der Waals surface area contributed by atoms with Crippen molar-refractivity contribution in [3.8, 4) is 0 Å². The predicted octanol–water partition coefficient (Wildman–Crippen LogP) is 1.47. The quantitative estimate of drug-likeness (QED) is 0.760. The predicted molar refractivity (Wildman–Crippen MR) is 113 cm³/mol. The third kappa shape index (κ3) is 4.15. The standard InChI is InChI=1S/C20H21Cl2N3O3S/c21-16-5-6-17(22)19(13-16)29(27,28)24-11-9-23(10-12-24)14-20(26)25-8-7-15-3-1-2-4-18(15)25/h1-6,13H,7-12,14H2/p+1. The summed E-state index contributed by atoms with van der Waals surface area (Å²) in [5, 5.41) is 0.487. The highest BCUT2D eigenvalue weighted by atomic mass is 35.5. The number of nitrogens with zero attached hydrogens (tertiary/aromatic N) is 2. The molecule has 1 N–H and O–H groups in total. The van der Waals surface area contributed by atoms with Crippen molar-refractivity contribution in [2.24, 2.45) is 0 Å². The number of hydrogen-bond acceptors (Lipinski definition) is 3. The molecule has 2 aliphatic heterocycles. The minimum Gasteiger partial charge on any atom is -0.325 e. The summed E-state index contributed by atoms with van der Waals surface area (Å²) in [7, 11) is -3.71. The van der Waals surface area contributed by atoms with Crippen LogP contribution in [0.1, 0.15) is 5.56 Å². The van der Waals surface area contributed by atoms with Gasteiger partial charge in [-0.05, 0) is 36.2 Å². The number of quaternary nitrogens is 1. The summed E-state index contributed by atoms with van der Waals surface area (Å²) in [4.78, 5) is 15.8. The van der Waals surface area contributed by atoms with Gasteiger partial charge in [0.2, 0.25) is 10.0 Å². The molecule has 1 fully saturated rings. The molecule has 0 unspecified atom stereocenters. The molecular formula is C20H22Cl2N3O3S+. The average molecular weight is 455 g/mol. The van der Waals surface area contributed by atoms with Gasteiger partial charge in [-0.1, -0.05) is 41.4 Å². The lowest BCUT2D eigenvalue weighted by Crippen LogP contribution is -3.15. The monoisotopic (exact) mass is 454 g/mol. The summed E-state index contributed by atoms with van der Waals surface area (Å²) < 4.78 is 27.3. The summed E-state index contributed by atoms with van der Waals surface area (Å²) in [6.45, 7) is 2.88. The highest BCUT2D eigenvalue weighted by Gasteiger charge is 2.34. The number of halogens is 2. The fourth-order valence-corrected chi connectivity index (χ4v) is 6.12. The number of carbonyl (C=O) groups excluding carboxylic acids is 1. The largest absolute Gasteiger partial charge is 0.325 e. The molecule has 0 aliphatic carbocycles. The third-order valence-corrected chi connectivity index (χ3v) is 8.15. The third-order valence-electron chi connectivity index (χ3n) is 5.53. The molecule has 29 heavy (non-hydrogen) atoms. The number of fused-ring (bicyclic) bond motifs is 1. The van der Waals surface area contributed by atoms with Crippen LogP contribution in [-0.2, 0) is 21.2 Å². The lowest BCUT2D eigenvalue weighted by atomic mass is 10.2. The maximum Gasteiger partial charge on any atom is 0.282 e. The van der Waals surface area contributed by atoms with Crippen molar-refractivity contribution in [1.82, 2.24) is 4.31 Å². The first-order valence-electron chi connectivity index (χ1n) is 9.53. The number of nitrogens with one attached hydrogen (secondary N) is 1. The van der Waals surface area contributed by atoms with E-state index in [1.54, 1.807) is 6.07 Å². The summed E-state index contributed by atoms with van der Waals surface area (Å²) in [5.41, 5.74) is 2.19. The zero-order valence-corrected chi connectivity index (χ0v) is 18.1. The summed E-state index contributed by atoms with van der Waals surface area (Å²) in [6, 6.07) is 12.4. The highest BCUT2D eigenvalue weighted by molar-refractivity contribution is 7.89. The number of benzene rings is 2. The SMILES string of the molecule is O=C(C[NH+]1CCN(S(=O)(=O)c2cc(Cl)ccc2Cl)CC1)N1CCc2ccccc21. The van der Waals surface area contributed by atoms with Crippen LogP contribution in [0.2, 0.25) is 10.0 Å². The molecule has 1 saturated heterocycles. The summed E-state index contributed by atoms with van der Waals surface area (Å²) in [5.74, 6) is 0.0825. The van der Waals surface area contributed by atoms with Gasteiger partial charge in [0, 0.05) is 17.3 Å². The number of hydrogen-bond donors (Lipinski definition) is 1. The maximum absolute atomic E-state index is 12.9. The van der Waals surface area contributed by atoms with Gasteiger partial charge < -0.3 is 9.80 Å². The molecule has 0 radical (unpaired) electrons. The smallest absolute Gasteiger partial charge is 0.282 e. The summed E-state index contributed by atoms with van der Waals surface area (Å²) in [6.07, 6.45) is 0.879. The zero-order chi connectivity index (χ0) is 20.6. The first-order valence-corrected chi connectivity index (χ1v) is 11.7. The number of rotatable bonds is 4. The fraction of sp³-hybridized carbons (Fsp3) is 0.350. The topological polar surface area (TPSA) is 62.1 Å². The number of carbonyl (C=O) groups is 1. The Morgan fingerprint density at radius 1 is 1.03 bits per heavy atom. The Labute approximate surface area is 180 Å². The number of anilines is 1. The van der Waals surface area contributed by atoms with Gasteiger partial charge in [0.15, 0.2) is 6.54 Å². The second kappa shape index (κ2) is 8.24. The van der Waals surface area contributed by atoms with Crippen LogP contribution in [0.15, 0.2) is 47.4 Å². The molecule has 6 nitrogen and oxygen atoms in total. The molecule has 4 rings (SSSR count). The molecule has 0 atom stereocenters. The van der Waals surface area contributed by atoms with Crippen LogP contribution in [0, 0.1) is 0 Å². The van der Waals surface area contributed by atoms with Crippen molar-refractivity contribution >= 4 is 44.8 Å². The van der Waals surface area contributed by atoms with Crippen molar-refractivity contribution in [3.05, 3.63) is 58.1 Å². The highest BCUT2D eigenvalue weighted by Crippen LogP contribution is 2.28. The maximum atomic E-state index is 12.9. The molecule has 1 amide bonds. The molecule has 2 aromatic rings. The van der Waals surface area contributed by atoms with E-state index in [2.05, 4.69) is 6.07 Å². The van der Waals surface area contributed by atoms with Gasteiger partial charge in [0.05, 0.1) is 31.2 Å².